The molecule has 1 aromatic carbocycles. The predicted octanol–water partition coefficient (Wildman–Crippen LogP) is 1.36. The van der Waals surface area contributed by atoms with E-state index in [9.17, 15) is 10.1 Å². The van der Waals surface area contributed by atoms with Gasteiger partial charge in [-0.15, -0.1) is 0 Å². The van der Waals surface area contributed by atoms with Gasteiger partial charge in [-0.3, -0.25) is 20.6 Å². The lowest BCUT2D eigenvalue weighted by Crippen LogP contribution is -2.10. The number of aromatic nitrogens is 2. The molecular formula is C10H12N6O2. The van der Waals surface area contributed by atoms with Crippen molar-refractivity contribution in [1.82, 2.24) is 9.78 Å². The first-order valence-electron chi connectivity index (χ1n) is 5.12. The van der Waals surface area contributed by atoms with E-state index >= 15 is 0 Å². The molecule has 1 heterocycles. The topological polar surface area (TPSA) is 111 Å². The molecule has 4 N–H and O–H groups in total. The molecule has 0 radical (unpaired) electrons. The number of nitro groups is 1. The maximum atomic E-state index is 11.0. The lowest BCUT2D eigenvalue weighted by molar-refractivity contribution is -0.383. The number of benzene rings is 1. The first kappa shape index (κ1) is 11.9. The molecule has 2 aromatic rings. The molecule has 0 saturated heterocycles. The van der Waals surface area contributed by atoms with Crippen LogP contribution in [0.4, 0.5) is 22.9 Å². The molecular weight excluding hydrogens is 236 g/mol. The van der Waals surface area contributed by atoms with Crippen LogP contribution in [0.25, 0.3) is 0 Å². The Kier molecular flexibility index (Phi) is 3.11. The van der Waals surface area contributed by atoms with Crippen LogP contribution in [-0.4, -0.2) is 14.7 Å². The molecule has 94 valence electrons. The van der Waals surface area contributed by atoms with E-state index in [0.717, 1.165) is 0 Å². The van der Waals surface area contributed by atoms with E-state index in [2.05, 4.69) is 15.8 Å². The molecule has 0 aliphatic rings. The van der Waals surface area contributed by atoms with Crippen molar-refractivity contribution in [2.45, 2.75) is 0 Å². The van der Waals surface area contributed by atoms with E-state index < -0.39 is 4.92 Å². The van der Waals surface area contributed by atoms with E-state index in [-0.39, 0.29) is 11.4 Å². The summed E-state index contributed by atoms with van der Waals surface area (Å²) in [6.07, 6.45) is 1.74. The van der Waals surface area contributed by atoms with Gasteiger partial charge in [0.25, 0.3) is 0 Å². The summed E-state index contributed by atoms with van der Waals surface area (Å²) in [4.78, 5) is 10.5. The average molecular weight is 248 g/mol. The molecule has 2 rings (SSSR count). The summed E-state index contributed by atoms with van der Waals surface area (Å²) in [5, 5.41) is 18.0. The predicted molar refractivity (Wildman–Crippen MR) is 67.4 cm³/mol. The Hall–Kier alpha value is -2.61. The Balaban J connectivity index is 2.41. The van der Waals surface area contributed by atoms with E-state index in [1.165, 1.54) is 6.07 Å². The van der Waals surface area contributed by atoms with Crippen molar-refractivity contribution in [3.63, 3.8) is 0 Å². The highest BCUT2D eigenvalue weighted by Gasteiger charge is 2.19. The van der Waals surface area contributed by atoms with Crippen molar-refractivity contribution in [1.29, 1.82) is 0 Å². The molecule has 0 fully saturated rings. The lowest BCUT2D eigenvalue weighted by atomic mass is 10.2. The second kappa shape index (κ2) is 4.72. The highest BCUT2D eigenvalue weighted by Crippen LogP contribution is 2.33. The maximum Gasteiger partial charge on any atom is 0.316 e. The van der Waals surface area contributed by atoms with Crippen molar-refractivity contribution in [2.75, 3.05) is 10.7 Å². The van der Waals surface area contributed by atoms with Gasteiger partial charge in [-0.1, -0.05) is 6.07 Å². The SMILES string of the molecule is Cn1ccc(Nc2cccc(NN)c2[N+](=O)[O-])n1. The van der Waals surface area contributed by atoms with Gasteiger partial charge in [-0.05, 0) is 12.1 Å². The Bertz CT molecular complexity index is 579. The van der Waals surface area contributed by atoms with Gasteiger partial charge < -0.3 is 10.7 Å². The number of nitrogens with two attached hydrogens (primary N) is 1. The first-order valence-corrected chi connectivity index (χ1v) is 5.12. The smallest absolute Gasteiger partial charge is 0.316 e. The third kappa shape index (κ3) is 2.23. The van der Waals surface area contributed by atoms with Crippen molar-refractivity contribution in [2.24, 2.45) is 12.9 Å². The van der Waals surface area contributed by atoms with E-state index in [1.54, 1.807) is 36.1 Å². The molecule has 8 heteroatoms. The zero-order valence-electron chi connectivity index (χ0n) is 9.62. The van der Waals surface area contributed by atoms with Crippen LogP contribution < -0.4 is 16.6 Å². The van der Waals surface area contributed by atoms with Gasteiger partial charge in [0.05, 0.1) is 4.92 Å². The lowest BCUT2D eigenvalue weighted by Gasteiger charge is -2.07. The summed E-state index contributed by atoms with van der Waals surface area (Å²) >= 11 is 0. The highest BCUT2D eigenvalue weighted by atomic mass is 16.6. The van der Waals surface area contributed by atoms with Crippen molar-refractivity contribution in [3.05, 3.63) is 40.6 Å². The fourth-order valence-electron chi connectivity index (χ4n) is 1.58. The molecule has 0 unspecified atom stereocenters. The van der Waals surface area contributed by atoms with Crippen molar-refractivity contribution < 1.29 is 4.92 Å². The minimum Gasteiger partial charge on any atom is -0.333 e. The number of nitrogen functional groups attached to an aromatic ring is 1. The van der Waals surface area contributed by atoms with Gasteiger partial charge >= 0.3 is 5.69 Å². The Morgan fingerprint density at radius 3 is 2.67 bits per heavy atom. The van der Waals surface area contributed by atoms with Crippen molar-refractivity contribution >= 4 is 22.9 Å². The first-order chi connectivity index (χ1) is 8.61. The van der Waals surface area contributed by atoms with E-state index in [0.29, 0.717) is 11.5 Å². The van der Waals surface area contributed by atoms with Crippen LogP contribution in [0, 0.1) is 10.1 Å². The van der Waals surface area contributed by atoms with Crippen LogP contribution in [0.15, 0.2) is 30.5 Å². The van der Waals surface area contributed by atoms with Crippen LogP contribution in [0.1, 0.15) is 0 Å². The van der Waals surface area contributed by atoms with E-state index in [1.807, 2.05) is 0 Å². The standard InChI is InChI=1S/C10H12N6O2/c1-15-6-5-9(14-15)12-7-3-2-4-8(13-11)10(7)16(17)18/h2-6,13H,11H2,1H3,(H,12,14). The number of nitrogens with one attached hydrogen (secondary N) is 2. The minimum absolute atomic E-state index is 0.120. The Morgan fingerprint density at radius 1 is 1.39 bits per heavy atom. The molecule has 0 saturated carbocycles. The monoisotopic (exact) mass is 248 g/mol. The number of hydrogen-bond donors (Lipinski definition) is 3. The van der Waals surface area contributed by atoms with Gasteiger partial charge in [-0.25, -0.2) is 0 Å². The number of anilines is 3. The number of para-hydroxylation sites is 1. The summed E-state index contributed by atoms with van der Waals surface area (Å²) in [5.74, 6) is 5.78. The fourth-order valence-corrected chi connectivity index (χ4v) is 1.58. The summed E-state index contributed by atoms with van der Waals surface area (Å²) in [6.45, 7) is 0. The number of rotatable bonds is 4. The molecule has 18 heavy (non-hydrogen) atoms. The summed E-state index contributed by atoms with van der Waals surface area (Å²) < 4.78 is 1.60. The molecule has 0 bridgehead atoms. The second-order valence-corrected chi connectivity index (χ2v) is 3.60. The Labute approximate surface area is 103 Å². The minimum atomic E-state index is -0.500. The van der Waals surface area contributed by atoms with Gasteiger partial charge in [0, 0.05) is 19.3 Å². The van der Waals surface area contributed by atoms with Crippen LogP contribution in [0.5, 0.6) is 0 Å². The number of nitro benzene ring substituents is 1. The molecule has 8 nitrogen and oxygen atoms in total. The largest absolute Gasteiger partial charge is 0.333 e. The summed E-state index contributed by atoms with van der Waals surface area (Å²) in [5.41, 5.74) is 2.75. The third-order valence-corrected chi connectivity index (χ3v) is 2.35. The average Bonchev–Trinajstić information content (AvgIpc) is 2.74. The number of hydrazine groups is 1. The van der Waals surface area contributed by atoms with Crippen LogP contribution >= 0.6 is 0 Å². The number of aryl methyl sites for hydroxylation is 1. The van der Waals surface area contributed by atoms with Gasteiger partial charge in [-0.2, -0.15) is 5.10 Å². The molecule has 0 spiro atoms. The zero-order chi connectivity index (χ0) is 13.1. The number of nitrogens with zero attached hydrogens (tertiary/aromatic N) is 3. The van der Waals surface area contributed by atoms with Gasteiger partial charge in [0.1, 0.15) is 11.4 Å². The maximum absolute atomic E-state index is 11.0. The van der Waals surface area contributed by atoms with Crippen LogP contribution in [-0.2, 0) is 7.05 Å². The van der Waals surface area contributed by atoms with E-state index in [4.69, 9.17) is 5.84 Å². The second-order valence-electron chi connectivity index (χ2n) is 3.60. The Morgan fingerprint density at radius 2 is 2.11 bits per heavy atom. The van der Waals surface area contributed by atoms with Crippen LogP contribution in [0.3, 0.4) is 0 Å². The van der Waals surface area contributed by atoms with Crippen molar-refractivity contribution in [3.8, 4) is 0 Å². The number of hydrogen-bond acceptors (Lipinski definition) is 6. The third-order valence-electron chi connectivity index (χ3n) is 2.35. The highest BCUT2D eigenvalue weighted by molar-refractivity contribution is 5.78. The molecule has 0 amide bonds. The molecule has 1 aromatic heterocycles. The molecule has 0 aliphatic carbocycles. The normalized spacial score (nSPS) is 10.1. The summed E-state index contributed by atoms with van der Waals surface area (Å²) in [7, 11) is 1.76. The van der Waals surface area contributed by atoms with Gasteiger partial charge in [0.15, 0.2) is 5.82 Å². The zero-order valence-corrected chi connectivity index (χ0v) is 9.62. The fraction of sp³-hybridized carbons (Fsp3) is 0.100. The van der Waals surface area contributed by atoms with Crippen LogP contribution in [0.2, 0.25) is 0 Å². The van der Waals surface area contributed by atoms with Gasteiger partial charge in [0.2, 0.25) is 0 Å². The quantitative estimate of drug-likeness (QED) is 0.428. The molecule has 0 aliphatic heterocycles. The molecule has 0 atom stereocenters. The summed E-state index contributed by atoms with van der Waals surface area (Å²) in [6, 6.07) is 6.50.